The van der Waals surface area contributed by atoms with E-state index in [1.165, 1.54) is 38.2 Å². The van der Waals surface area contributed by atoms with Crippen molar-refractivity contribution in [3.8, 4) is 67.8 Å². The lowest BCUT2D eigenvalue weighted by molar-refractivity contribution is 1.06. The zero-order valence-corrected chi connectivity index (χ0v) is 34.5. The van der Waals surface area contributed by atoms with Crippen LogP contribution in [0.25, 0.3) is 111 Å². The number of aromatic nitrogens is 5. The van der Waals surface area contributed by atoms with Crippen LogP contribution in [0.15, 0.2) is 218 Å². The monoisotopic (exact) mass is 805 g/mol. The van der Waals surface area contributed by atoms with Crippen LogP contribution in [-0.2, 0) is 0 Å². The number of hydrogen-bond acceptors (Lipinski definition) is 3. The minimum Gasteiger partial charge on any atom is -0.309 e. The first-order valence-electron chi connectivity index (χ1n) is 21.4. The Balaban J connectivity index is 1.14. The molecule has 12 aromatic rings. The van der Waals surface area contributed by atoms with Gasteiger partial charge in [-0.05, 0) is 77.7 Å². The fourth-order valence-electron chi connectivity index (χ4n) is 9.18. The molecule has 0 bridgehead atoms. The molecule has 0 amide bonds. The molecule has 5 heteroatoms. The average Bonchev–Trinajstić information content (AvgIpc) is 3.87. The number of hydrogen-bond donors (Lipinski definition) is 0. The van der Waals surface area contributed by atoms with E-state index >= 15 is 0 Å². The molecule has 0 saturated carbocycles. The summed E-state index contributed by atoms with van der Waals surface area (Å²) < 4.78 is 4.77. The predicted octanol–water partition coefficient (Wildman–Crippen LogP) is 14.7. The third kappa shape index (κ3) is 6.29. The molecule has 0 unspecified atom stereocenters. The summed E-state index contributed by atoms with van der Waals surface area (Å²) in [6.07, 6.45) is 0. The molecule has 0 N–H and O–H groups in total. The van der Waals surface area contributed by atoms with Gasteiger partial charge in [0.15, 0.2) is 17.5 Å². The topological polar surface area (TPSA) is 48.5 Å². The van der Waals surface area contributed by atoms with Gasteiger partial charge in [-0.15, -0.1) is 0 Å². The summed E-state index contributed by atoms with van der Waals surface area (Å²) in [6.45, 7) is 2.13. The van der Waals surface area contributed by atoms with Crippen molar-refractivity contribution in [3.05, 3.63) is 224 Å². The molecule has 9 aromatic carbocycles. The van der Waals surface area contributed by atoms with E-state index in [0.29, 0.717) is 17.5 Å². The average molecular weight is 806 g/mol. The lowest BCUT2D eigenvalue weighted by Gasteiger charge is -2.17. The van der Waals surface area contributed by atoms with Gasteiger partial charge >= 0.3 is 0 Å². The Hall–Kier alpha value is -8.41. The first-order chi connectivity index (χ1) is 31.1. The van der Waals surface area contributed by atoms with Gasteiger partial charge < -0.3 is 9.13 Å². The van der Waals surface area contributed by atoms with Crippen LogP contribution in [0, 0.1) is 6.92 Å². The van der Waals surface area contributed by atoms with E-state index in [0.717, 1.165) is 61.3 Å². The fourth-order valence-corrected chi connectivity index (χ4v) is 9.18. The zero-order valence-electron chi connectivity index (χ0n) is 34.5. The molecule has 0 aliphatic rings. The molecule has 5 nitrogen and oxygen atoms in total. The Kier molecular flexibility index (Phi) is 8.64. The Morgan fingerprint density at radius 3 is 1.33 bits per heavy atom. The van der Waals surface area contributed by atoms with E-state index in [-0.39, 0.29) is 0 Å². The summed E-state index contributed by atoms with van der Waals surface area (Å²) in [7, 11) is 0. The number of rotatable bonds is 7. The molecule has 0 fully saturated rings. The summed E-state index contributed by atoms with van der Waals surface area (Å²) >= 11 is 0. The second-order valence-electron chi connectivity index (χ2n) is 16.1. The predicted molar refractivity (Wildman–Crippen MR) is 260 cm³/mol. The van der Waals surface area contributed by atoms with E-state index in [1.54, 1.807) is 0 Å². The minimum atomic E-state index is 0.597. The lowest BCUT2D eigenvalue weighted by Crippen LogP contribution is -2.04. The van der Waals surface area contributed by atoms with E-state index in [1.807, 2.05) is 36.4 Å². The summed E-state index contributed by atoms with van der Waals surface area (Å²) in [5, 5.41) is 4.80. The number of benzene rings is 9. The normalized spacial score (nSPS) is 11.6. The molecule has 3 aromatic heterocycles. The molecule has 296 valence electrons. The second-order valence-corrected chi connectivity index (χ2v) is 16.1. The molecule has 0 spiro atoms. The largest absolute Gasteiger partial charge is 0.309 e. The van der Waals surface area contributed by atoms with Crippen molar-refractivity contribution < 1.29 is 0 Å². The maximum Gasteiger partial charge on any atom is 0.166 e. The van der Waals surface area contributed by atoms with Crippen molar-refractivity contribution in [2.75, 3.05) is 0 Å². The highest BCUT2D eigenvalue weighted by molar-refractivity contribution is 6.12. The molecule has 0 saturated heterocycles. The van der Waals surface area contributed by atoms with Crippen molar-refractivity contribution in [2.24, 2.45) is 0 Å². The quantitative estimate of drug-likeness (QED) is 0.161. The van der Waals surface area contributed by atoms with Crippen molar-refractivity contribution in [3.63, 3.8) is 0 Å². The van der Waals surface area contributed by atoms with Crippen LogP contribution in [0.1, 0.15) is 5.56 Å². The second kappa shape index (κ2) is 14.9. The van der Waals surface area contributed by atoms with Gasteiger partial charge in [0.1, 0.15) is 0 Å². The first kappa shape index (κ1) is 36.4. The molecular formula is C58H39N5. The highest BCUT2D eigenvalue weighted by Gasteiger charge is 2.22. The third-order valence-electron chi connectivity index (χ3n) is 12.3. The Labute approximate surface area is 364 Å². The van der Waals surface area contributed by atoms with E-state index in [2.05, 4.69) is 198 Å². The SMILES string of the molecule is Cc1ccc(-c2ccc3c4ccccc4n(-c4ccc(-c5ccc6c7ccccc7n(-c7ccccc7)c6c5)cc4-c4nc(-c5ccccc5)nc(-c5ccccc5)n4)c3c2)cc1. The molecule has 0 radical (unpaired) electrons. The molecule has 0 aliphatic carbocycles. The van der Waals surface area contributed by atoms with Crippen molar-refractivity contribution in [1.82, 2.24) is 24.1 Å². The van der Waals surface area contributed by atoms with E-state index in [4.69, 9.17) is 15.0 Å². The summed E-state index contributed by atoms with van der Waals surface area (Å²) in [4.78, 5) is 15.7. The highest BCUT2D eigenvalue weighted by Crippen LogP contribution is 2.41. The van der Waals surface area contributed by atoms with Gasteiger partial charge in [-0.3, -0.25) is 0 Å². The van der Waals surface area contributed by atoms with Crippen LogP contribution >= 0.6 is 0 Å². The number of fused-ring (bicyclic) bond motifs is 6. The Morgan fingerprint density at radius 2 is 0.730 bits per heavy atom. The van der Waals surface area contributed by atoms with Crippen molar-refractivity contribution >= 4 is 43.6 Å². The van der Waals surface area contributed by atoms with Crippen molar-refractivity contribution in [1.29, 1.82) is 0 Å². The fraction of sp³-hybridized carbons (Fsp3) is 0.0172. The Morgan fingerprint density at radius 1 is 0.302 bits per heavy atom. The zero-order chi connectivity index (χ0) is 41.9. The van der Waals surface area contributed by atoms with Crippen LogP contribution < -0.4 is 0 Å². The minimum absolute atomic E-state index is 0.597. The van der Waals surface area contributed by atoms with Gasteiger partial charge in [0, 0.05) is 43.9 Å². The smallest absolute Gasteiger partial charge is 0.166 e. The molecule has 63 heavy (non-hydrogen) atoms. The van der Waals surface area contributed by atoms with Crippen LogP contribution in [0.4, 0.5) is 0 Å². The lowest BCUT2D eigenvalue weighted by atomic mass is 9.99. The molecule has 3 heterocycles. The Bertz CT molecular complexity index is 3600. The first-order valence-corrected chi connectivity index (χ1v) is 21.4. The highest BCUT2D eigenvalue weighted by atomic mass is 15.1. The third-order valence-corrected chi connectivity index (χ3v) is 12.3. The number of nitrogens with zero attached hydrogens (tertiary/aromatic N) is 5. The van der Waals surface area contributed by atoms with Crippen LogP contribution in [0.3, 0.4) is 0 Å². The molecule has 0 atom stereocenters. The molecular weight excluding hydrogens is 767 g/mol. The maximum absolute atomic E-state index is 5.33. The van der Waals surface area contributed by atoms with Crippen LogP contribution in [-0.4, -0.2) is 24.1 Å². The van der Waals surface area contributed by atoms with Gasteiger partial charge in [-0.1, -0.05) is 175 Å². The van der Waals surface area contributed by atoms with Crippen LogP contribution in [0.2, 0.25) is 0 Å². The summed E-state index contributed by atoms with van der Waals surface area (Å²) in [6, 6.07) is 77.6. The van der Waals surface area contributed by atoms with Gasteiger partial charge in [0.05, 0.1) is 27.8 Å². The van der Waals surface area contributed by atoms with Crippen LogP contribution in [0.5, 0.6) is 0 Å². The van der Waals surface area contributed by atoms with Gasteiger partial charge in [-0.25, -0.2) is 15.0 Å². The van der Waals surface area contributed by atoms with Gasteiger partial charge in [0.25, 0.3) is 0 Å². The van der Waals surface area contributed by atoms with E-state index < -0.39 is 0 Å². The van der Waals surface area contributed by atoms with Gasteiger partial charge in [0.2, 0.25) is 0 Å². The maximum atomic E-state index is 5.33. The van der Waals surface area contributed by atoms with Crippen molar-refractivity contribution in [2.45, 2.75) is 6.92 Å². The summed E-state index contributed by atoms with van der Waals surface area (Å²) in [5.41, 5.74) is 15.1. The molecule has 0 aliphatic heterocycles. The molecule has 12 rings (SSSR count). The number of para-hydroxylation sites is 3. The van der Waals surface area contributed by atoms with E-state index in [9.17, 15) is 0 Å². The number of aryl methyl sites for hydroxylation is 1. The summed E-state index contributed by atoms with van der Waals surface area (Å²) in [5.74, 6) is 1.83. The van der Waals surface area contributed by atoms with Gasteiger partial charge in [-0.2, -0.15) is 0 Å². The standard InChI is InChI=1S/C58H39N5/c1-38-25-27-39(28-26-38)43-29-32-49-47-22-12-14-24-52(47)63(55(49)36-43)53-34-31-42(44-30-33-48-46-21-11-13-23-51(46)62(54(48)37-44)45-19-9-4-10-20-45)35-50(53)58-60-56(40-15-5-2-6-16-40)59-57(61-58)41-17-7-3-8-18-41/h2-37H,1H3.